The molecule has 0 bridgehead atoms. The zero-order valence-corrected chi connectivity index (χ0v) is 29.1. The van der Waals surface area contributed by atoms with Gasteiger partial charge in [-0.3, -0.25) is 0 Å². The molecule has 0 spiro atoms. The lowest BCUT2D eigenvalue weighted by molar-refractivity contribution is -0.151. The van der Waals surface area contributed by atoms with Gasteiger partial charge in [-0.2, -0.15) is 0 Å². The highest BCUT2D eigenvalue weighted by Crippen LogP contribution is 2.41. The van der Waals surface area contributed by atoms with Crippen molar-refractivity contribution >= 4 is 24.0 Å². The van der Waals surface area contributed by atoms with Crippen LogP contribution in [0.2, 0.25) is 0 Å². The first-order valence-corrected chi connectivity index (χ1v) is 15.7. The number of allylic oxidation sites excluding steroid dienone is 1. The van der Waals surface area contributed by atoms with E-state index in [1.165, 1.54) is 0 Å². The predicted molar refractivity (Wildman–Crippen MR) is 178 cm³/mol. The van der Waals surface area contributed by atoms with Crippen LogP contribution in [0.4, 0.5) is 4.79 Å². The third-order valence-corrected chi connectivity index (χ3v) is 6.62. The van der Waals surface area contributed by atoms with Crippen LogP contribution in [-0.4, -0.2) is 46.8 Å². The third kappa shape index (κ3) is 11.3. The standard InChI is InChI=1S/C37H48N2O8/c1-23-28(32(41)45-35(2,3)4)29(25-19-15-12-16-20-25)30(33(42)46-36(5,6)7)26(38-23)21-27(39-34(43)47-37(8,9)10)31(40)44-22-24-17-13-11-14-18-24/h11-20,27,29,38H,21-22H2,1-10H3,(H,39,43)/t27-,29?/m0/s1. The van der Waals surface area contributed by atoms with Crippen LogP contribution in [0.1, 0.15) is 92.7 Å². The number of dihydropyridines is 1. The lowest BCUT2D eigenvalue weighted by atomic mass is 9.79. The molecule has 2 N–H and O–H groups in total. The predicted octanol–water partition coefficient (Wildman–Crippen LogP) is 6.61. The number of ether oxygens (including phenoxy) is 4. The molecule has 1 unspecified atom stereocenters. The van der Waals surface area contributed by atoms with Crippen LogP contribution in [0, 0.1) is 0 Å². The number of benzene rings is 2. The Bertz CT molecular complexity index is 1510. The van der Waals surface area contributed by atoms with Gasteiger partial charge in [-0.05, 0) is 80.4 Å². The van der Waals surface area contributed by atoms with Gasteiger partial charge >= 0.3 is 24.0 Å². The summed E-state index contributed by atoms with van der Waals surface area (Å²) in [7, 11) is 0. The average Bonchev–Trinajstić information content (AvgIpc) is 2.93. The van der Waals surface area contributed by atoms with Gasteiger partial charge in [0.2, 0.25) is 0 Å². The summed E-state index contributed by atoms with van der Waals surface area (Å²) in [5.74, 6) is -2.97. The molecule has 0 saturated carbocycles. The summed E-state index contributed by atoms with van der Waals surface area (Å²) in [6.45, 7) is 17.3. The van der Waals surface area contributed by atoms with Crippen LogP contribution >= 0.6 is 0 Å². The fourth-order valence-electron chi connectivity index (χ4n) is 4.89. The van der Waals surface area contributed by atoms with E-state index >= 15 is 0 Å². The molecule has 1 heterocycles. The smallest absolute Gasteiger partial charge is 0.408 e. The number of rotatable bonds is 9. The summed E-state index contributed by atoms with van der Waals surface area (Å²) in [5.41, 5.74) is -0.133. The molecule has 0 radical (unpaired) electrons. The molecule has 0 saturated heterocycles. The molecule has 1 amide bonds. The number of nitrogens with one attached hydrogen (secondary N) is 2. The van der Waals surface area contributed by atoms with Gasteiger partial charge in [-0.15, -0.1) is 0 Å². The van der Waals surface area contributed by atoms with Crippen molar-refractivity contribution in [1.29, 1.82) is 0 Å². The van der Waals surface area contributed by atoms with Crippen molar-refractivity contribution in [1.82, 2.24) is 10.6 Å². The molecule has 2 atom stereocenters. The zero-order chi connectivity index (χ0) is 35.2. The summed E-state index contributed by atoms with van der Waals surface area (Å²) < 4.78 is 22.8. The fraction of sp³-hybridized carbons (Fsp3) is 0.459. The summed E-state index contributed by atoms with van der Waals surface area (Å²) in [4.78, 5) is 54.5. The van der Waals surface area contributed by atoms with Crippen LogP contribution in [0.3, 0.4) is 0 Å². The highest BCUT2D eigenvalue weighted by molar-refractivity contribution is 6.00. The van der Waals surface area contributed by atoms with Crippen LogP contribution < -0.4 is 10.6 Å². The van der Waals surface area contributed by atoms with E-state index in [1.54, 1.807) is 93.5 Å². The normalized spacial score (nSPS) is 16.1. The van der Waals surface area contributed by atoms with Crippen molar-refractivity contribution in [3.8, 4) is 0 Å². The summed E-state index contributed by atoms with van der Waals surface area (Å²) in [6, 6.07) is 16.9. The highest BCUT2D eigenvalue weighted by Gasteiger charge is 2.42. The summed E-state index contributed by atoms with van der Waals surface area (Å²) in [5, 5.41) is 5.82. The second-order valence-corrected chi connectivity index (χ2v) is 14.4. The Morgan fingerprint density at radius 1 is 0.723 bits per heavy atom. The van der Waals surface area contributed by atoms with E-state index in [9.17, 15) is 19.2 Å². The van der Waals surface area contributed by atoms with Crippen molar-refractivity contribution in [3.05, 3.63) is 94.3 Å². The largest absolute Gasteiger partial charge is 0.459 e. The first-order chi connectivity index (χ1) is 21.7. The van der Waals surface area contributed by atoms with Crippen LogP contribution in [-0.2, 0) is 39.9 Å². The molecule has 1 aliphatic heterocycles. The summed E-state index contributed by atoms with van der Waals surface area (Å²) >= 11 is 0. The van der Waals surface area contributed by atoms with Crippen LogP contribution in [0.25, 0.3) is 0 Å². The number of carbonyl (C=O) groups is 4. The van der Waals surface area contributed by atoms with Gasteiger partial charge in [0.15, 0.2) is 0 Å². The Hall–Kier alpha value is -4.60. The van der Waals surface area contributed by atoms with Gasteiger partial charge in [0.1, 0.15) is 29.5 Å². The van der Waals surface area contributed by atoms with E-state index in [0.717, 1.165) is 5.56 Å². The molecule has 0 aliphatic carbocycles. The number of hydrogen-bond donors (Lipinski definition) is 2. The Kier molecular flexibility index (Phi) is 11.7. The van der Waals surface area contributed by atoms with Gasteiger partial charge in [-0.1, -0.05) is 60.7 Å². The SMILES string of the molecule is CC1=C(C(=O)OC(C)(C)C)C(c2ccccc2)C(C(=O)OC(C)(C)C)=C(C[C@H](NC(=O)OC(C)(C)C)C(=O)OCc2ccccc2)N1. The maximum atomic E-state index is 14.1. The minimum Gasteiger partial charge on any atom is -0.459 e. The van der Waals surface area contributed by atoms with Crippen molar-refractivity contribution < 1.29 is 38.1 Å². The van der Waals surface area contributed by atoms with E-state index < -0.39 is 52.8 Å². The Balaban J connectivity index is 2.17. The molecule has 47 heavy (non-hydrogen) atoms. The van der Waals surface area contributed by atoms with Crippen molar-refractivity contribution in [3.63, 3.8) is 0 Å². The second-order valence-electron chi connectivity index (χ2n) is 14.4. The van der Waals surface area contributed by atoms with Crippen LogP contribution in [0.5, 0.6) is 0 Å². The zero-order valence-electron chi connectivity index (χ0n) is 29.1. The van der Waals surface area contributed by atoms with E-state index in [2.05, 4.69) is 10.6 Å². The first-order valence-electron chi connectivity index (χ1n) is 15.7. The molecular formula is C37H48N2O8. The third-order valence-electron chi connectivity index (χ3n) is 6.62. The first kappa shape index (κ1) is 36.9. The molecule has 1 aliphatic rings. The molecule has 10 nitrogen and oxygen atoms in total. The maximum Gasteiger partial charge on any atom is 0.408 e. The van der Waals surface area contributed by atoms with E-state index in [-0.39, 0.29) is 29.9 Å². The molecule has 10 heteroatoms. The lowest BCUT2D eigenvalue weighted by Gasteiger charge is -2.35. The van der Waals surface area contributed by atoms with E-state index in [4.69, 9.17) is 18.9 Å². The highest BCUT2D eigenvalue weighted by atomic mass is 16.6. The molecule has 254 valence electrons. The van der Waals surface area contributed by atoms with Gasteiger partial charge < -0.3 is 29.6 Å². The van der Waals surface area contributed by atoms with Crippen LogP contribution in [0.15, 0.2) is 83.2 Å². The van der Waals surface area contributed by atoms with Crippen molar-refractivity contribution in [2.24, 2.45) is 0 Å². The lowest BCUT2D eigenvalue weighted by Crippen LogP contribution is -2.46. The fourth-order valence-corrected chi connectivity index (χ4v) is 4.89. The number of amides is 1. The number of alkyl carbamates (subject to hydrolysis) is 1. The van der Waals surface area contributed by atoms with E-state index in [1.807, 2.05) is 36.4 Å². The summed E-state index contributed by atoms with van der Waals surface area (Å²) in [6.07, 6.45) is -1.04. The number of hydrogen-bond acceptors (Lipinski definition) is 9. The molecule has 0 fully saturated rings. The molecular weight excluding hydrogens is 600 g/mol. The minimum absolute atomic E-state index is 0.0358. The molecule has 2 aromatic carbocycles. The van der Waals surface area contributed by atoms with Crippen molar-refractivity contribution in [2.75, 3.05) is 0 Å². The molecule has 0 aromatic heterocycles. The van der Waals surface area contributed by atoms with Gasteiger partial charge in [0, 0.05) is 17.8 Å². The monoisotopic (exact) mass is 648 g/mol. The Morgan fingerprint density at radius 2 is 1.21 bits per heavy atom. The average molecular weight is 649 g/mol. The van der Waals surface area contributed by atoms with Crippen molar-refractivity contribution in [2.45, 2.75) is 111 Å². The topological polar surface area (TPSA) is 129 Å². The quantitative estimate of drug-likeness (QED) is 0.228. The van der Waals surface area contributed by atoms with Gasteiger partial charge in [-0.25, -0.2) is 19.2 Å². The van der Waals surface area contributed by atoms with Gasteiger partial charge in [0.25, 0.3) is 0 Å². The Morgan fingerprint density at radius 3 is 1.72 bits per heavy atom. The van der Waals surface area contributed by atoms with E-state index in [0.29, 0.717) is 11.3 Å². The minimum atomic E-state index is -1.28. The number of carbonyl (C=O) groups excluding carboxylic acids is 4. The molecule has 2 aromatic rings. The second kappa shape index (κ2) is 14.9. The van der Waals surface area contributed by atoms with Gasteiger partial charge in [0.05, 0.1) is 17.1 Å². The number of esters is 3. The maximum absolute atomic E-state index is 14.1. The molecule has 3 rings (SSSR count). The Labute approximate surface area is 277 Å².